The lowest BCUT2D eigenvalue weighted by molar-refractivity contribution is -0.136. The zero-order valence-corrected chi connectivity index (χ0v) is 13.3. The van der Waals surface area contributed by atoms with E-state index in [-0.39, 0.29) is 17.9 Å². The van der Waals surface area contributed by atoms with Gasteiger partial charge < -0.3 is 14.5 Å². The third-order valence-electron chi connectivity index (χ3n) is 3.94. The van der Waals surface area contributed by atoms with E-state index in [4.69, 9.17) is 4.74 Å². The molecule has 0 N–H and O–H groups in total. The van der Waals surface area contributed by atoms with Crippen molar-refractivity contribution < 1.29 is 14.3 Å². The summed E-state index contributed by atoms with van der Waals surface area (Å²) in [6.07, 6.45) is 1.35. The zero-order chi connectivity index (χ0) is 15.9. The molecule has 1 heterocycles. The van der Waals surface area contributed by atoms with E-state index in [1.165, 1.54) is 0 Å². The van der Waals surface area contributed by atoms with Crippen LogP contribution in [-0.2, 0) is 16.1 Å². The minimum Gasteiger partial charge on any atom is -0.450 e. The quantitative estimate of drug-likeness (QED) is 0.859. The van der Waals surface area contributed by atoms with Gasteiger partial charge in [-0.1, -0.05) is 30.3 Å². The lowest BCUT2D eigenvalue weighted by atomic mass is 9.96. The number of piperidine rings is 1. The maximum atomic E-state index is 12.6. The lowest BCUT2D eigenvalue weighted by Gasteiger charge is -2.33. The average molecular weight is 304 g/mol. The van der Waals surface area contributed by atoms with Crippen molar-refractivity contribution in [3.8, 4) is 0 Å². The molecule has 1 unspecified atom stereocenters. The van der Waals surface area contributed by atoms with Gasteiger partial charge >= 0.3 is 6.09 Å². The summed E-state index contributed by atoms with van der Waals surface area (Å²) in [5.41, 5.74) is 1.11. The van der Waals surface area contributed by atoms with E-state index in [0.717, 1.165) is 18.4 Å². The fourth-order valence-corrected chi connectivity index (χ4v) is 2.81. The molecule has 5 nitrogen and oxygen atoms in total. The van der Waals surface area contributed by atoms with Crippen molar-refractivity contribution >= 4 is 12.0 Å². The number of rotatable bonds is 4. The number of amides is 2. The van der Waals surface area contributed by atoms with Gasteiger partial charge in [0.05, 0.1) is 12.5 Å². The van der Waals surface area contributed by atoms with Crippen LogP contribution in [0.1, 0.15) is 25.3 Å². The summed E-state index contributed by atoms with van der Waals surface area (Å²) in [5, 5.41) is 0. The van der Waals surface area contributed by atoms with Gasteiger partial charge in [-0.2, -0.15) is 0 Å². The Hall–Kier alpha value is -2.04. The molecule has 0 saturated carbocycles. The lowest BCUT2D eigenvalue weighted by Crippen LogP contribution is -2.45. The minimum atomic E-state index is -0.314. The highest BCUT2D eigenvalue weighted by Gasteiger charge is 2.30. The van der Waals surface area contributed by atoms with Crippen LogP contribution < -0.4 is 0 Å². The molecule has 120 valence electrons. The second-order valence-corrected chi connectivity index (χ2v) is 5.66. The summed E-state index contributed by atoms with van der Waals surface area (Å²) in [4.78, 5) is 27.8. The summed E-state index contributed by atoms with van der Waals surface area (Å²) in [6.45, 7) is 3.87. The summed E-state index contributed by atoms with van der Waals surface area (Å²) in [7, 11) is 1.82. The Morgan fingerprint density at radius 1 is 1.32 bits per heavy atom. The fraction of sp³-hybridized carbons (Fsp3) is 0.529. The van der Waals surface area contributed by atoms with Crippen LogP contribution >= 0.6 is 0 Å². The Balaban J connectivity index is 1.92. The van der Waals surface area contributed by atoms with Gasteiger partial charge in [0.2, 0.25) is 5.91 Å². The van der Waals surface area contributed by atoms with E-state index < -0.39 is 0 Å². The smallest absolute Gasteiger partial charge is 0.409 e. The predicted octanol–water partition coefficient (Wildman–Crippen LogP) is 2.51. The van der Waals surface area contributed by atoms with Crippen LogP contribution in [0.5, 0.6) is 0 Å². The first-order valence-electron chi connectivity index (χ1n) is 7.82. The number of benzene rings is 1. The first kappa shape index (κ1) is 16.3. The van der Waals surface area contributed by atoms with E-state index in [2.05, 4.69) is 0 Å². The molecule has 0 aliphatic carbocycles. The van der Waals surface area contributed by atoms with E-state index in [9.17, 15) is 9.59 Å². The number of ether oxygens (including phenoxy) is 1. The molecule has 1 aromatic carbocycles. The zero-order valence-electron chi connectivity index (χ0n) is 13.3. The molecule has 0 radical (unpaired) electrons. The maximum Gasteiger partial charge on any atom is 0.409 e. The molecule has 1 fully saturated rings. The topological polar surface area (TPSA) is 49.9 Å². The van der Waals surface area contributed by atoms with Crippen molar-refractivity contribution in [2.45, 2.75) is 26.3 Å². The SMILES string of the molecule is CCOC(=O)N1CCCC(C(=O)N(C)Cc2ccccc2)C1. The fourth-order valence-electron chi connectivity index (χ4n) is 2.81. The van der Waals surface area contributed by atoms with E-state index >= 15 is 0 Å². The van der Waals surface area contributed by atoms with Crippen molar-refractivity contribution in [3.63, 3.8) is 0 Å². The van der Waals surface area contributed by atoms with Crippen LogP contribution in [0.2, 0.25) is 0 Å². The average Bonchev–Trinajstić information content (AvgIpc) is 2.55. The van der Waals surface area contributed by atoms with Crippen molar-refractivity contribution in [1.82, 2.24) is 9.80 Å². The first-order valence-corrected chi connectivity index (χ1v) is 7.82. The van der Waals surface area contributed by atoms with Crippen molar-refractivity contribution in [2.24, 2.45) is 5.92 Å². The van der Waals surface area contributed by atoms with Gasteiger partial charge in [-0.25, -0.2) is 4.79 Å². The Bertz CT molecular complexity index is 504. The van der Waals surface area contributed by atoms with Crippen LogP contribution in [0.3, 0.4) is 0 Å². The number of hydrogen-bond acceptors (Lipinski definition) is 3. The van der Waals surface area contributed by atoms with Gasteiger partial charge in [-0.05, 0) is 25.3 Å². The van der Waals surface area contributed by atoms with E-state index in [0.29, 0.717) is 26.2 Å². The van der Waals surface area contributed by atoms with Crippen LogP contribution in [0.15, 0.2) is 30.3 Å². The van der Waals surface area contributed by atoms with Crippen LogP contribution in [0.4, 0.5) is 4.79 Å². The normalized spacial score (nSPS) is 17.9. The summed E-state index contributed by atoms with van der Waals surface area (Å²) in [5.74, 6) is -0.0373. The molecule has 2 amide bonds. The molecule has 1 aromatic rings. The molecule has 1 aliphatic heterocycles. The van der Waals surface area contributed by atoms with Gasteiger partial charge in [0.1, 0.15) is 0 Å². The first-order chi connectivity index (χ1) is 10.6. The van der Waals surface area contributed by atoms with Crippen LogP contribution in [0, 0.1) is 5.92 Å². The monoisotopic (exact) mass is 304 g/mol. The summed E-state index contributed by atoms with van der Waals surface area (Å²) in [6, 6.07) is 9.92. The standard InChI is InChI=1S/C17H24N2O3/c1-3-22-17(21)19-11-7-10-15(13-19)16(20)18(2)12-14-8-5-4-6-9-14/h4-6,8-9,15H,3,7,10-13H2,1-2H3. The third kappa shape index (κ3) is 4.23. The molecule has 0 aromatic heterocycles. The summed E-state index contributed by atoms with van der Waals surface area (Å²) < 4.78 is 5.03. The van der Waals surface area contributed by atoms with Crippen molar-refractivity contribution in [2.75, 3.05) is 26.7 Å². The molecule has 0 spiro atoms. The van der Waals surface area contributed by atoms with Gasteiger partial charge in [0, 0.05) is 26.7 Å². The maximum absolute atomic E-state index is 12.6. The van der Waals surface area contributed by atoms with Gasteiger partial charge in [0.25, 0.3) is 0 Å². The third-order valence-corrected chi connectivity index (χ3v) is 3.94. The Morgan fingerprint density at radius 2 is 2.05 bits per heavy atom. The minimum absolute atomic E-state index is 0.0952. The molecule has 5 heteroatoms. The second kappa shape index (κ2) is 7.82. The second-order valence-electron chi connectivity index (χ2n) is 5.66. The van der Waals surface area contributed by atoms with Gasteiger partial charge in [-0.3, -0.25) is 4.79 Å². The molecule has 22 heavy (non-hydrogen) atoms. The molecule has 1 aliphatic rings. The molecule has 1 atom stereocenters. The van der Waals surface area contributed by atoms with E-state index in [1.54, 1.807) is 16.7 Å². The largest absolute Gasteiger partial charge is 0.450 e. The van der Waals surface area contributed by atoms with Crippen LogP contribution in [-0.4, -0.2) is 48.5 Å². The molecular weight excluding hydrogens is 280 g/mol. The molecular formula is C17H24N2O3. The van der Waals surface area contributed by atoms with Gasteiger partial charge in [-0.15, -0.1) is 0 Å². The molecule has 1 saturated heterocycles. The number of carbonyl (C=O) groups excluding carboxylic acids is 2. The van der Waals surface area contributed by atoms with Crippen molar-refractivity contribution in [3.05, 3.63) is 35.9 Å². The number of nitrogens with zero attached hydrogens (tertiary/aromatic N) is 2. The number of likely N-dealkylation sites (tertiary alicyclic amines) is 1. The van der Waals surface area contributed by atoms with Crippen molar-refractivity contribution in [1.29, 1.82) is 0 Å². The highest BCUT2D eigenvalue weighted by Crippen LogP contribution is 2.20. The Labute approximate surface area is 131 Å². The highest BCUT2D eigenvalue weighted by atomic mass is 16.6. The van der Waals surface area contributed by atoms with Gasteiger partial charge in [0.15, 0.2) is 0 Å². The Kier molecular flexibility index (Phi) is 5.81. The summed E-state index contributed by atoms with van der Waals surface area (Å²) >= 11 is 0. The number of carbonyl (C=O) groups is 2. The predicted molar refractivity (Wildman–Crippen MR) is 84.2 cm³/mol. The Morgan fingerprint density at radius 3 is 2.73 bits per heavy atom. The molecule has 2 rings (SSSR count). The highest BCUT2D eigenvalue weighted by molar-refractivity contribution is 5.80. The molecule has 0 bridgehead atoms. The number of hydrogen-bond donors (Lipinski definition) is 0. The van der Waals surface area contributed by atoms with Crippen LogP contribution in [0.25, 0.3) is 0 Å². The van der Waals surface area contributed by atoms with E-state index in [1.807, 2.05) is 37.4 Å².